The zero-order chi connectivity index (χ0) is 10.8. The van der Waals surface area contributed by atoms with Gasteiger partial charge in [-0.3, -0.25) is 0 Å². The molecule has 4 nitrogen and oxygen atoms in total. The average molecular weight is 377 g/mol. The molecule has 6 heteroatoms. The van der Waals surface area contributed by atoms with Crippen molar-refractivity contribution in [1.29, 1.82) is 0 Å². The van der Waals surface area contributed by atoms with E-state index in [2.05, 4.69) is 58.9 Å². The summed E-state index contributed by atoms with van der Waals surface area (Å²) in [7, 11) is 0. The van der Waals surface area contributed by atoms with E-state index in [0.29, 0.717) is 11.6 Å². The first kappa shape index (κ1) is 10.9. The lowest BCUT2D eigenvalue weighted by molar-refractivity contribution is 0.815. The number of benzene rings is 1. The van der Waals surface area contributed by atoms with Gasteiger partial charge in [-0.25, -0.2) is 0 Å². The average Bonchev–Trinajstić information content (AvgIpc) is 2.23. The van der Waals surface area contributed by atoms with E-state index in [4.69, 9.17) is 0 Å². The van der Waals surface area contributed by atoms with Gasteiger partial charge < -0.3 is 0 Å². The van der Waals surface area contributed by atoms with Gasteiger partial charge in [0.05, 0.1) is 0 Å². The van der Waals surface area contributed by atoms with E-state index < -0.39 is 0 Å². The zero-order valence-electron chi connectivity index (χ0n) is 7.78. The summed E-state index contributed by atoms with van der Waals surface area (Å²) in [6.45, 7) is 1.76. The number of halogens is 2. The molecule has 0 aliphatic heterocycles. The molecular weight excluding hydrogens is 371 g/mol. The van der Waals surface area contributed by atoms with Gasteiger partial charge in [-0.2, -0.15) is 0 Å². The summed E-state index contributed by atoms with van der Waals surface area (Å²) in [4.78, 5) is 0. The molecule has 0 amide bonds. The first-order valence-corrected chi connectivity index (χ1v) is 6.03. The number of aryl methyl sites for hydroxylation is 1. The lowest BCUT2D eigenvalue weighted by Gasteiger charge is -2.02. The van der Waals surface area contributed by atoms with Crippen molar-refractivity contribution in [3.05, 3.63) is 32.1 Å². The van der Waals surface area contributed by atoms with Crippen molar-refractivity contribution in [3.8, 4) is 11.4 Å². The topological polar surface area (TPSA) is 51.6 Å². The largest absolute Gasteiger partial charge is 0.204 e. The van der Waals surface area contributed by atoms with Crippen LogP contribution in [-0.4, -0.2) is 20.4 Å². The molecule has 76 valence electrons. The van der Waals surface area contributed by atoms with Crippen LogP contribution >= 0.6 is 38.5 Å². The van der Waals surface area contributed by atoms with Crippen molar-refractivity contribution in [2.45, 2.75) is 6.92 Å². The fourth-order valence-corrected chi connectivity index (χ4v) is 1.97. The highest BCUT2D eigenvalue weighted by atomic mass is 127. The second kappa shape index (κ2) is 4.48. The van der Waals surface area contributed by atoms with Crippen molar-refractivity contribution < 1.29 is 0 Å². The number of hydrogen-bond donors (Lipinski definition) is 0. The van der Waals surface area contributed by atoms with E-state index in [-0.39, 0.29) is 0 Å². The van der Waals surface area contributed by atoms with E-state index in [0.717, 1.165) is 13.6 Å². The van der Waals surface area contributed by atoms with Crippen molar-refractivity contribution >= 4 is 38.5 Å². The van der Waals surface area contributed by atoms with Crippen molar-refractivity contribution in [2.75, 3.05) is 0 Å². The van der Waals surface area contributed by atoms with Crippen LogP contribution in [0.2, 0.25) is 0 Å². The highest BCUT2D eigenvalue weighted by molar-refractivity contribution is 14.1. The molecule has 0 bridgehead atoms. The Bertz CT molecular complexity index is 486. The molecule has 1 aromatic carbocycles. The molecule has 0 radical (unpaired) electrons. The summed E-state index contributed by atoms with van der Waals surface area (Å²) < 4.78 is 2.06. The summed E-state index contributed by atoms with van der Waals surface area (Å²) in [6.07, 6.45) is 0. The minimum atomic E-state index is 0.533. The number of aromatic nitrogens is 4. The van der Waals surface area contributed by atoms with Crippen LogP contribution in [0.5, 0.6) is 0 Å². The van der Waals surface area contributed by atoms with Gasteiger partial charge in [0.25, 0.3) is 0 Å². The first-order valence-electron chi connectivity index (χ1n) is 4.16. The van der Waals surface area contributed by atoms with Gasteiger partial charge in [0.15, 0.2) is 5.82 Å². The van der Waals surface area contributed by atoms with Crippen LogP contribution in [-0.2, 0) is 0 Å². The summed E-state index contributed by atoms with van der Waals surface area (Å²) in [6, 6.07) is 5.95. The standard InChI is InChI=1S/C9H6BrIN4/c1-5-12-14-9(15-13-5)7-4-6(11)2-3-8(7)10/h2-4H,1H3. The van der Waals surface area contributed by atoms with Crippen LogP contribution in [0.25, 0.3) is 11.4 Å². The van der Waals surface area contributed by atoms with Crippen LogP contribution in [0.15, 0.2) is 22.7 Å². The van der Waals surface area contributed by atoms with Crippen LogP contribution < -0.4 is 0 Å². The van der Waals surface area contributed by atoms with Crippen molar-refractivity contribution in [1.82, 2.24) is 20.4 Å². The fraction of sp³-hybridized carbons (Fsp3) is 0.111. The normalized spacial score (nSPS) is 10.3. The van der Waals surface area contributed by atoms with Crippen LogP contribution in [0, 0.1) is 10.5 Å². The van der Waals surface area contributed by atoms with Gasteiger partial charge in [0, 0.05) is 13.6 Å². The Hall–Kier alpha value is -0.630. The van der Waals surface area contributed by atoms with Crippen LogP contribution in [0.1, 0.15) is 5.82 Å². The van der Waals surface area contributed by atoms with E-state index in [1.54, 1.807) is 6.92 Å². The molecule has 0 spiro atoms. The Labute approximate surface area is 109 Å². The van der Waals surface area contributed by atoms with Gasteiger partial charge in [-0.1, -0.05) is 15.9 Å². The van der Waals surface area contributed by atoms with E-state index >= 15 is 0 Å². The molecule has 0 saturated heterocycles. The van der Waals surface area contributed by atoms with E-state index in [1.807, 2.05) is 18.2 Å². The molecule has 2 rings (SSSR count). The monoisotopic (exact) mass is 376 g/mol. The molecule has 0 fully saturated rings. The smallest absolute Gasteiger partial charge is 0.131 e. The second-order valence-electron chi connectivity index (χ2n) is 2.89. The van der Waals surface area contributed by atoms with Crippen LogP contribution in [0.3, 0.4) is 0 Å². The molecule has 0 saturated carbocycles. The van der Waals surface area contributed by atoms with Gasteiger partial charge in [-0.15, -0.1) is 20.4 Å². The van der Waals surface area contributed by atoms with Gasteiger partial charge >= 0.3 is 0 Å². The lowest BCUT2D eigenvalue weighted by Crippen LogP contribution is -1.99. The molecule has 1 aromatic heterocycles. The number of nitrogens with zero attached hydrogens (tertiary/aromatic N) is 4. The maximum absolute atomic E-state index is 3.99. The summed E-state index contributed by atoms with van der Waals surface area (Å²) >= 11 is 5.69. The predicted molar refractivity (Wildman–Crippen MR) is 68.2 cm³/mol. The highest BCUT2D eigenvalue weighted by Gasteiger charge is 2.07. The molecule has 15 heavy (non-hydrogen) atoms. The Kier molecular flexibility index (Phi) is 3.25. The third-order valence-corrected chi connectivity index (χ3v) is 3.11. The fourth-order valence-electron chi connectivity index (χ4n) is 1.06. The van der Waals surface area contributed by atoms with E-state index in [1.165, 1.54) is 0 Å². The predicted octanol–water partition coefficient (Wildman–Crippen LogP) is 2.61. The lowest BCUT2D eigenvalue weighted by atomic mass is 10.2. The number of hydrogen-bond acceptors (Lipinski definition) is 4. The number of rotatable bonds is 1. The van der Waals surface area contributed by atoms with Gasteiger partial charge in [0.1, 0.15) is 0 Å². The third kappa shape index (κ3) is 2.49. The minimum absolute atomic E-state index is 0.533. The molecular formula is C9H6BrIN4. The summed E-state index contributed by atoms with van der Waals surface area (Å²) in [5.74, 6) is 1.10. The molecule has 1 heterocycles. The Morgan fingerprint density at radius 3 is 2.47 bits per heavy atom. The molecule has 2 aromatic rings. The maximum atomic E-state index is 3.99. The Morgan fingerprint density at radius 1 is 1.13 bits per heavy atom. The quantitative estimate of drug-likeness (QED) is 0.718. The van der Waals surface area contributed by atoms with Crippen LogP contribution in [0.4, 0.5) is 0 Å². The molecule has 0 unspecified atom stereocenters. The Morgan fingerprint density at radius 2 is 1.80 bits per heavy atom. The Balaban J connectivity index is 2.53. The van der Waals surface area contributed by atoms with Gasteiger partial charge in [-0.05, 0) is 47.7 Å². The van der Waals surface area contributed by atoms with Crippen molar-refractivity contribution in [2.24, 2.45) is 0 Å². The third-order valence-electron chi connectivity index (χ3n) is 1.75. The molecule has 0 N–H and O–H groups in total. The maximum Gasteiger partial charge on any atom is 0.204 e. The SMILES string of the molecule is Cc1nnc(-c2cc(I)ccc2Br)nn1. The minimum Gasteiger partial charge on any atom is -0.131 e. The molecule has 0 aliphatic rings. The van der Waals surface area contributed by atoms with Gasteiger partial charge in [0.2, 0.25) is 5.82 Å². The van der Waals surface area contributed by atoms with E-state index in [9.17, 15) is 0 Å². The summed E-state index contributed by atoms with van der Waals surface area (Å²) in [5.41, 5.74) is 0.905. The first-order chi connectivity index (χ1) is 7.16. The van der Waals surface area contributed by atoms with Crippen molar-refractivity contribution in [3.63, 3.8) is 0 Å². The zero-order valence-corrected chi connectivity index (χ0v) is 11.5. The highest BCUT2D eigenvalue weighted by Crippen LogP contribution is 2.26. The summed E-state index contributed by atoms with van der Waals surface area (Å²) in [5, 5.41) is 15.7. The molecule has 0 aliphatic carbocycles. The second-order valence-corrected chi connectivity index (χ2v) is 4.99. The molecule has 0 atom stereocenters.